The van der Waals surface area contributed by atoms with Gasteiger partial charge in [-0.2, -0.15) is 0 Å². The number of benzene rings is 2. The Morgan fingerprint density at radius 1 is 1.03 bits per heavy atom. The van der Waals surface area contributed by atoms with Crippen molar-refractivity contribution in [3.8, 4) is 11.3 Å². The van der Waals surface area contributed by atoms with Gasteiger partial charge in [0.25, 0.3) is 0 Å². The molecule has 0 unspecified atom stereocenters. The van der Waals surface area contributed by atoms with Gasteiger partial charge in [0.05, 0.1) is 21.4 Å². The quantitative estimate of drug-likeness (QED) is 0.454. The Morgan fingerprint density at radius 2 is 1.79 bits per heavy atom. The zero-order chi connectivity index (χ0) is 24.2. The van der Waals surface area contributed by atoms with E-state index in [4.69, 9.17) is 27.6 Å². The first kappa shape index (κ1) is 23.9. The van der Waals surface area contributed by atoms with Crippen LogP contribution in [-0.2, 0) is 9.59 Å². The van der Waals surface area contributed by atoms with E-state index in [-0.39, 0.29) is 16.8 Å². The highest BCUT2D eigenvalue weighted by Gasteiger charge is 2.23. The first-order chi connectivity index (χ1) is 16.3. The van der Waals surface area contributed by atoms with Gasteiger partial charge in [0.1, 0.15) is 17.3 Å². The molecule has 4 rings (SSSR count). The van der Waals surface area contributed by atoms with E-state index in [1.807, 2.05) is 0 Å². The minimum absolute atomic E-state index is 0.00500. The van der Waals surface area contributed by atoms with Gasteiger partial charge in [-0.25, -0.2) is 4.39 Å². The second kappa shape index (κ2) is 10.3. The molecule has 3 aromatic rings. The molecule has 0 atom stereocenters. The average Bonchev–Trinajstić information content (AvgIpc) is 3.29. The van der Waals surface area contributed by atoms with Crippen LogP contribution in [0.2, 0.25) is 10.0 Å². The number of anilines is 2. The van der Waals surface area contributed by atoms with E-state index in [1.165, 1.54) is 18.2 Å². The van der Waals surface area contributed by atoms with Crippen molar-refractivity contribution in [1.29, 1.82) is 0 Å². The Balaban J connectivity index is 1.45. The average molecular weight is 502 g/mol. The molecule has 2 aromatic carbocycles. The van der Waals surface area contributed by atoms with Gasteiger partial charge in [-0.1, -0.05) is 29.3 Å². The second-order valence-corrected chi connectivity index (χ2v) is 8.60. The van der Waals surface area contributed by atoms with Gasteiger partial charge < -0.3 is 19.5 Å². The molecule has 1 fully saturated rings. The molecule has 6 nitrogen and oxygen atoms in total. The third-order valence-corrected chi connectivity index (χ3v) is 6.11. The predicted octanol–water partition coefficient (Wildman–Crippen LogP) is 5.71. The molecule has 2 amide bonds. The maximum Gasteiger partial charge on any atom is 0.248 e. The van der Waals surface area contributed by atoms with Crippen LogP contribution < -0.4 is 10.2 Å². The molecule has 1 aliphatic rings. The highest BCUT2D eigenvalue weighted by molar-refractivity contribution is 6.34. The van der Waals surface area contributed by atoms with E-state index in [0.29, 0.717) is 54.0 Å². The number of furan rings is 1. The molecule has 1 N–H and O–H groups in total. The van der Waals surface area contributed by atoms with Crippen LogP contribution in [0.15, 0.2) is 59.0 Å². The molecule has 0 bridgehead atoms. The summed E-state index contributed by atoms with van der Waals surface area (Å²) in [6.45, 7) is 3.97. The maximum absolute atomic E-state index is 13.4. The van der Waals surface area contributed by atoms with Crippen LogP contribution in [0.5, 0.6) is 0 Å². The van der Waals surface area contributed by atoms with E-state index in [0.717, 1.165) is 5.69 Å². The zero-order valence-electron chi connectivity index (χ0n) is 18.4. The Hall–Kier alpha value is -3.29. The number of hydrogen-bond acceptors (Lipinski definition) is 4. The summed E-state index contributed by atoms with van der Waals surface area (Å²) >= 11 is 12.3. The predicted molar refractivity (Wildman–Crippen MR) is 133 cm³/mol. The van der Waals surface area contributed by atoms with Crippen molar-refractivity contribution in [2.75, 3.05) is 36.4 Å². The zero-order valence-corrected chi connectivity index (χ0v) is 19.9. The fourth-order valence-corrected chi connectivity index (χ4v) is 4.24. The summed E-state index contributed by atoms with van der Waals surface area (Å²) in [6, 6.07) is 13.1. The van der Waals surface area contributed by atoms with Gasteiger partial charge in [0, 0.05) is 44.7 Å². The number of para-hydroxylation sites is 1. The van der Waals surface area contributed by atoms with Crippen LogP contribution in [0.4, 0.5) is 15.8 Å². The standard InChI is InChI=1S/C25H22Cl2FN3O3/c1-16(32)30-11-13-31(14-12-30)25-19(26)3-2-4-22(25)29-24(33)10-7-18-6-9-23(34-18)17-5-8-21(28)20(27)15-17/h2-10,15H,11-14H2,1H3,(H,29,33)/b10-7+. The molecule has 34 heavy (non-hydrogen) atoms. The Morgan fingerprint density at radius 3 is 2.50 bits per heavy atom. The molecule has 0 radical (unpaired) electrons. The molecule has 2 heterocycles. The van der Waals surface area contributed by atoms with Crippen LogP contribution >= 0.6 is 23.2 Å². The van der Waals surface area contributed by atoms with E-state index >= 15 is 0 Å². The van der Waals surface area contributed by atoms with E-state index in [2.05, 4.69) is 10.2 Å². The number of amides is 2. The van der Waals surface area contributed by atoms with Crippen molar-refractivity contribution in [3.63, 3.8) is 0 Å². The Labute approximate surface area is 206 Å². The molecular formula is C25H22Cl2FN3O3. The number of nitrogens with one attached hydrogen (secondary N) is 1. The first-order valence-electron chi connectivity index (χ1n) is 10.6. The number of carbonyl (C=O) groups excluding carboxylic acids is 2. The number of rotatable bonds is 5. The lowest BCUT2D eigenvalue weighted by atomic mass is 10.2. The molecule has 1 saturated heterocycles. The topological polar surface area (TPSA) is 65.8 Å². The van der Waals surface area contributed by atoms with Crippen LogP contribution in [-0.4, -0.2) is 42.9 Å². The van der Waals surface area contributed by atoms with Crippen LogP contribution in [0, 0.1) is 5.82 Å². The lowest BCUT2D eigenvalue weighted by molar-refractivity contribution is -0.129. The fraction of sp³-hybridized carbons (Fsp3) is 0.200. The first-order valence-corrected chi connectivity index (χ1v) is 11.4. The number of carbonyl (C=O) groups is 2. The summed E-state index contributed by atoms with van der Waals surface area (Å²) in [7, 11) is 0. The summed E-state index contributed by atoms with van der Waals surface area (Å²) < 4.78 is 19.1. The molecule has 0 spiro atoms. The van der Waals surface area contributed by atoms with Gasteiger partial charge in [-0.15, -0.1) is 0 Å². The maximum atomic E-state index is 13.4. The third kappa shape index (κ3) is 5.43. The Kier molecular flexibility index (Phi) is 7.24. The normalized spacial score (nSPS) is 14.0. The smallest absolute Gasteiger partial charge is 0.248 e. The highest BCUT2D eigenvalue weighted by atomic mass is 35.5. The van der Waals surface area contributed by atoms with Crippen molar-refractivity contribution in [2.45, 2.75) is 6.92 Å². The molecule has 1 aromatic heterocycles. The van der Waals surface area contributed by atoms with Crippen LogP contribution in [0.1, 0.15) is 12.7 Å². The van der Waals surface area contributed by atoms with Gasteiger partial charge >= 0.3 is 0 Å². The largest absolute Gasteiger partial charge is 0.457 e. The summed E-state index contributed by atoms with van der Waals surface area (Å²) in [5.41, 5.74) is 1.94. The minimum Gasteiger partial charge on any atom is -0.457 e. The molecule has 0 aliphatic carbocycles. The molecular weight excluding hydrogens is 480 g/mol. The number of hydrogen-bond donors (Lipinski definition) is 1. The Bertz CT molecular complexity index is 1250. The monoisotopic (exact) mass is 501 g/mol. The van der Waals surface area contributed by atoms with Crippen LogP contribution in [0.25, 0.3) is 17.4 Å². The molecule has 176 valence electrons. The van der Waals surface area contributed by atoms with E-state index < -0.39 is 5.82 Å². The lowest BCUT2D eigenvalue weighted by Crippen LogP contribution is -2.48. The van der Waals surface area contributed by atoms with Crippen molar-refractivity contribution >= 4 is 52.5 Å². The fourth-order valence-electron chi connectivity index (χ4n) is 3.76. The van der Waals surface area contributed by atoms with Gasteiger partial charge in [-0.3, -0.25) is 9.59 Å². The number of nitrogens with zero attached hydrogens (tertiary/aromatic N) is 2. The van der Waals surface area contributed by atoms with Crippen molar-refractivity contribution in [1.82, 2.24) is 4.90 Å². The van der Waals surface area contributed by atoms with Crippen molar-refractivity contribution in [3.05, 3.63) is 76.2 Å². The SMILES string of the molecule is CC(=O)N1CCN(c2c(Cl)cccc2NC(=O)/C=C/c2ccc(-c3ccc(F)c(Cl)c3)o2)CC1. The molecule has 0 saturated carbocycles. The lowest BCUT2D eigenvalue weighted by Gasteiger charge is -2.36. The summed E-state index contributed by atoms with van der Waals surface area (Å²) in [4.78, 5) is 28.1. The van der Waals surface area contributed by atoms with Gasteiger partial charge in [0.2, 0.25) is 11.8 Å². The second-order valence-electron chi connectivity index (χ2n) is 7.78. The number of halogens is 3. The summed E-state index contributed by atoms with van der Waals surface area (Å²) in [5, 5.41) is 3.40. The van der Waals surface area contributed by atoms with E-state index in [1.54, 1.807) is 54.3 Å². The molecule has 9 heteroatoms. The molecule has 1 aliphatic heterocycles. The van der Waals surface area contributed by atoms with Crippen molar-refractivity contribution in [2.24, 2.45) is 0 Å². The third-order valence-electron chi connectivity index (χ3n) is 5.52. The minimum atomic E-state index is -0.505. The number of piperazine rings is 1. The van der Waals surface area contributed by atoms with E-state index in [9.17, 15) is 14.0 Å². The summed E-state index contributed by atoms with van der Waals surface area (Å²) in [6.07, 6.45) is 2.90. The summed E-state index contributed by atoms with van der Waals surface area (Å²) in [5.74, 6) is 0.144. The van der Waals surface area contributed by atoms with Gasteiger partial charge in [-0.05, 0) is 48.5 Å². The highest BCUT2D eigenvalue weighted by Crippen LogP contribution is 2.35. The van der Waals surface area contributed by atoms with Crippen LogP contribution in [0.3, 0.4) is 0 Å². The van der Waals surface area contributed by atoms with Gasteiger partial charge in [0.15, 0.2) is 0 Å². The van der Waals surface area contributed by atoms with Crippen molar-refractivity contribution < 1.29 is 18.4 Å².